The highest BCUT2D eigenvalue weighted by molar-refractivity contribution is 9.10. The largest absolute Gasteiger partial charge is 0.378 e. The Morgan fingerprint density at radius 2 is 2.35 bits per heavy atom. The third-order valence-corrected chi connectivity index (χ3v) is 4.98. The molecule has 0 aromatic carbocycles. The molecule has 0 aliphatic carbocycles. The zero-order valence-electron chi connectivity index (χ0n) is 12.4. The predicted molar refractivity (Wildman–Crippen MR) is 83.4 cm³/mol. The molecule has 1 aromatic heterocycles. The van der Waals surface area contributed by atoms with E-state index >= 15 is 0 Å². The van der Waals surface area contributed by atoms with E-state index in [-0.39, 0.29) is 6.04 Å². The summed E-state index contributed by atoms with van der Waals surface area (Å²) < 4.78 is 8.96. The lowest BCUT2D eigenvalue weighted by atomic mass is 9.99. The molecule has 2 heterocycles. The van der Waals surface area contributed by atoms with Gasteiger partial charge in [-0.2, -0.15) is 5.10 Å². The Morgan fingerprint density at radius 3 is 2.95 bits per heavy atom. The Bertz CT molecular complexity index is 429. The minimum absolute atomic E-state index is 0.218. The lowest BCUT2D eigenvalue weighted by Crippen LogP contribution is -2.41. The van der Waals surface area contributed by atoms with E-state index in [0.717, 1.165) is 42.6 Å². The van der Waals surface area contributed by atoms with E-state index in [1.54, 1.807) is 0 Å². The van der Waals surface area contributed by atoms with E-state index in [1.807, 2.05) is 11.6 Å². The van der Waals surface area contributed by atoms with Crippen LogP contribution in [0.5, 0.6) is 0 Å². The molecule has 2 rings (SSSR count). The van der Waals surface area contributed by atoms with Gasteiger partial charge in [-0.15, -0.1) is 0 Å². The summed E-state index contributed by atoms with van der Waals surface area (Å²) in [7, 11) is 0. The summed E-state index contributed by atoms with van der Waals surface area (Å²) in [5, 5.41) is 4.53. The van der Waals surface area contributed by atoms with Gasteiger partial charge in [0.05, 0.1) is 22.0 Å². The van der Waals surface area contributed by atoms with Crippen LogP contribution in [-0.2, 0) is 17.7 Å². The maximum Gasteiger partial charge on any atom is 0.0738 e. The minimum atomic E-state index is 0.218. The highest BCUT2D eigenvalue weighted by Gasteiger charge is 2.22. The van der Waals surface area contributed by atoms with Crippen LogP contribution >= 0.6 is 15.9 Å². The van der Waals surface area contributed by atoms with Crippen LogP contribution in [0.15, 0.2) is 4.47 Å². The number of hydrogen-bond donors (Lipinski definition) is 2. The first-order valence-corrected chi connectivity index (χ1v) is 8.24. The predicted octanol–water partition coefficient (Wildman–Crippen LogP) is 2.31. The molecule has 5 nitrogen and oxygen atoms in total. The topological polar surface area (TPSA) is 65.1 Å². The maximum atomic E-state index is 5.81. The molecule has 0 spiro atoms. The number of halogens is 1. The second-order valence-electron chi connectivity index (χ2n) is 5.45. The highest BCUT2D eigenvalue weighted by Crippen LogP contribution is 2.24. The first kappa shape index (κ1) is 15.9. The monoisotopic (exact) mass is 344 g/mol. The molecular weight excluding hydrogens is 320 g/mol. The average molecular weight is 345 g/mol. The van der Waals surface area contributed by atoms with Gasteiger partial charge in [0.2, 0.25) is 0 Å². The summed E-state index contributed by atoms with van der Waals surface area (Å²) in [4.78, 5) is 0. The van der Waals surface area contributed by atoms with Crippen LogP contribution in [0.3, 0.4) is 0 Å². The molecule has 0 bridgehead atoms. The molecule has 1 saturated heterocycles. The number of aromatic nitrogens is 2. The Balaban J connectivity index is 2.02. The summed E-state index contributed by atoms with van der Waals surface area (Å²) in [5.74, 6) is 5.74. The van der Waals surface area contributed by atoms with Crippen molar-refractivity contribution in [2.24, 2.45) is 5.84 Å². The van der Waals surface area contributed by atoms with Gasteiger partial charge in [0, 0.05) is 25.6 Å². The van der Waals surface area contributed by atoms with Gasteiger partial charge in [-0.3, -0.25) is 16.0 Å². The van der Waals surface area contributed by atoms with Crippen LogP contribution in [0.4, 0.5) is 0 Å². The molecule has 0 saturated carbocycles. The van der Waals surface area contributed by atoms with E-state index in [9.17, 15) is 0 Å². The first-order valence-electron chi connectivity index (χ1n) is 7.45. The average Bonchev–Trinajstić information content (AvgIpc) is 2.75. The Hall–Kier alpha value is -0.430. The third kappa shape index (κ3) is 3.81. The molecule has 6 heteroatoms. The number of aryl methyl sites for hydroxylation is 2. The summed E-state index contributed by atoms with van der Waals surface area (Å²) in [5.41, 5.74) is 5.19. The number of nitrogens with one attached hydrogen (secondary N) is 1. The van der Waals surface area contributed by atoms with Crippen molar-refractivity contribution in [3.05, 3.63) is 15.9 Å². The van der Waals surface area contributed by atoms with Gasteiger partial charge < -0.3 is 4.74 Å². The van der Waals surface area contributed by atoms with Crippen molar-refractivity contribution in [3.8, 4) is 0 Å². The smallest absolute Gasteiger partial charge is 0.0738 e. The summed E-state index contributed by atoms with van der Waals surface area (Å²) in [6.45, 7) is 5.89. The summed E-state index contributed by atoms with van der Waals surface area (Å²) in [6.07, 6.45) is 5.75. The minimum Gasteiger partial charge on any atom is -0.378 e. The number of hydrazine groups is 1. The molecule has 114 valence electrons. The fourth-order valence-corrected chi connectivity index (χ4v) is 3.26. The van der Waals surface area contributed by atoms with Crippen LogP contribution < -0.4 is 11.3 Å². The normalized spacial score (nSPS) is 21.1. The van der Waals surface area contributed by atoms with Crippen LogP contribution in [0.2, 0.25) is 0 Å². The van der Waals surface area contributed by atoms with E-state index in [1.165, 1.54) is 18.5 Å². The number of nitrogens with zero attached hydrogens (tertiary/aromatic N) is 2. The Morgan fingerprint density at radius 1 is 1.55 bits per heavy atom. The lowest BCUT2D eigenvalue weighted by molar-refractivity contribution is 0.00512. The quantitative estimate of drug-likeness (QED) is 0.613. The summed E-state index contributed by atoms with van der Waals surface area (Å²) in [6, 6.07) is 0.218. The molecule has 1 fully saturated rings. The van der Waals surface area contributed by atoms with Gasteiger partial charge in [0.15, 0.2) is 0 Å². The van der Waals surface area contributed by atoms with Crippen molar-refractivity contribution >= 4 is 15.9 Å². The van der Waals surface area contributed by atoms with Crippen LogP contribution in [0, 0.1) is 6.92 Å². The lowest BCUT2D eigenvalue weighted by Gasteiger charge is -2.26. The molecule has 20 heavy (non-hydrogen) atoms. The zero-order valence-corrected chi connectivity index (χ0v) is 13.9. The van der Waals surface area contributed by atoms with Gasteiger partial charge in [-0.25, -0.2) is 0 Å². The van der Waals surface area contributed by atoms with Crippen molar-refractivity contribution < 1.29 is 4.74 Å². The fraction of sp³-hybridized carbons (Fsp3) is 0.786. The Kier molecular flexibility index (Phi) is 6.01. The van der Waals surface area contributed by atoms with Crippen molar-refractivity contribution in [1.82, 2.24) is 15.2 Å². The standard InChI is InChI=1S/C14H25BrN4O/c1-3-19-13(14(15)10(2)18-19)9-11(17-16)8-12-6-4-5-7-20-12/h11-12,17H,3-9,16H2,1-2H3. The highest BCUT2D eigenvalue weighted by atomic mass is 79.9. The van der Waals surface area contributed by atoms with Crippen molar-refractivity contribution in [2.75, 3.05) is 6.61 Å². The number of rotatable bonds is 6. The second-order valence-corrected chi connectivity index (χ2v) is 6.25. The second kappa shape index (κ2) is 7.54. The maximum absolute atomic E-state index is 5.81. The van der Waals surface area contributed by atoms with Crippen molar-refractivity contribution in [2.45, 2.75) is 64.6 Å². The van der Waals surface area contributed by atoms with E-state index in [2.05, 4.69) is 33.4 Å². The molecule has 2 unspecified atom stereocenters. The van der Waals surface area contributed by atoms with Crippen molar-refractivity contribution in [1.29, 1.82) is 0 Å². The SMILES string of the molecule is CCn1nc(C)c(Br)c1CC(CC1CCCCO1)NN. The van der Waals surface area contributed by atoms with E-state index in [0.29, 0.717) is 6.10 Å². The molecule has 3 N–H and O–H groups in total. The molecule has 1 aliphatic heterocycles. The fourth-order valence-electron chi connectivity index (χ4n) is 2.82. The molecule has 2 atom stereocenters. The van der Waals surface area contributed by atoms with E-state index < -0.39 is 0 Å². The molecule has 1 aliphatic rings. The molecule has 0 radical (unpaired) electrons. The first-order chi connectivity index (χ1) is 9.65. The van der Waals surface area contributed by atoms with Crippen molar-refractivity contribution in [3.63, 3.8) is 0 Å². The van der Waals surface area contributed by atoms with Gasteiger partial charge in [0.25, 0.3) is 0 Å². The van der Waals surface area contributed by atoms with Gasteiger partial charge in [-0.05, 0) is 55.5 Å². The number of hydrogen-bond acceptors (Lipinski definition) is 4. The Labute approximate surface area is 129 Å². The van der Waals surface area contributed by atoms with Crippen LogP contribution in [0.25, 0.3) is 0 Å². The van der Waals surface area contributed by atoms with Crippen LogP contribution in [-0.4, -0.2) is 28.5 Å². The molecule has 0 amide bonds. The zero-order chi connectivity index (χ0) is 14.5. The van der Waals surface area contributed by atoms with Gasteiger partial charge in [0.1, 0.15) is 0 Å². The van der Waals surface area contributed by atoms with Crippen LogP contribution in [0.1, 0.15) is 44.0 Å². The van der Waals surface area contributed by atoms with E-state index in [4.69, 9.17) is 10.6 Å². The third-order valence-electron chi connectivity index (χ3n) is 3.95. The number of nitrogens with two attached hydrogens (primary N) is 1. The molecule has 1 aromatic rings. The summed E-state index contributed by atoms with van der Waals surface area (Å²) >= 11 is 3.64. The van der Waals surface area contributed by atoms with Gasteiger partial charge >= 0.3 is 0 Å². The number of ether oxygens (including phenoxy) is 1. The molecular formula is C14H25BrN4O. The van der Waals surface area contributed by atoms with Gasteiger partial charge in [-0.1, -0.05) is 0 Å².